The summed E-state index contributed by atoms with van der Waals surface area (Å²) in [6.45, 7) is 6.92. The number of benzene rings is 1. The molecule has 0 aliphatic carbocycles. The van der Waals surface area contributed by atoms with Crippen molar-refractivity contribution in [2.45, 2.75) is 26.3 Å². The SMILES string of the molecule is CCOC(=O)N1CCN([C@H](c2ccccc2)c2cc(CC)sc2NC(=O)c2ccco2)CC1. The fourth-order valence-corrected chi connectivity index (χ4v) is 5.13. The summed E-state index contributed by atoms with van der Waals surface area (Å²) in [6.07, 6.45) is 2.12. The standard InChI is InChI=1S/C25H29N3O4S/c1-3-19-17-20(24(33-19)26-23(29)21-11-8-16-32-21)22(18-9-6-5-7-10-18)27-12-14-28(15-13-27)25(30)31-4-2/h5-11,16-17,22H,3-4,12-15H2,1-2H3,(H,26,29)/t22-/m1/s1. The minimum atomic E-state index is -0.261. The van der Waals surface area contributed by atoms with Crippen LogP contribution in [0.5, 0.6) is 0 Å². The Bertz CT molecular complexity index is 1060. The van der Waals surface area contributed by atoms with Crippen molar-refractivity contribution in [2.24, 2.45) is 0 Å². The van der Waals surface area contributed by atoms with Gasteiger partial charge in [0.2, 0.25) is 0 Å². The number of thiophene rings is 1. The second-order valence-corrected chi connectivity index (χ2v) is 8.95. The Hall–Kier alpha value is -3.10. The third-order valence-electron chi connectivity index (χ3n) is 5.75. The zero-order chi connectivity index (χ0) is 23.2. The lowest BCUT2D eigenvalue weighted by atomic mass is 9.97. The molecule has 2 aromatic heterocycles. The highest BCUT2D eigenvalue weighted by atomic mass is 32.1. The maximum Gasteiger partial charge on any atom is 0.409 e. The molecule has 1 atom stereocenters. The van der Waals surface area contributed by atoms with Gasteiger partial charge in [0.05, 0.1) is 18.9 Å². The second kappa shape index (κ2) is 10.7. The molecule has 3 aromatic rings. The van der Waals surface area contributed by atoms with E-state index in [-0.39, 0.29) is 23.8 Å². The van der Waals surface area contributed by atoms with E-state index >= 15 is 0 Å². The van der Waals surface area contributed by atoms with Crippen molar-refractivity contribution >= 4 is 28.3 Å². The van der Waals surface area contributed by atoms with Crippen molar-refractivity contribution in [3.8, 4) is 0 Å². The molecule has 3 heterocycles. The van der Waals surface area contributed by atoms with Crippen molar-refractivity contribution < 1.29 is 18.7 Å². The average molecular weight is 468 g/mol. The number of piperazine rings is 1. The molecule has 2 amide bonds. The van der Waals surface area contributed by atoms with Gasteiger partial charge in [0, 0.05) is 36.6 Å². The van der Waals surface area contributed by atoms with E-state index in [9.17, 15) is 9.59 Å². The minimum absolute atomic E-state index is 0.0426. The third-order valence-corrected chi connectivity index (χ3v) is 6.96. The van der Waals surface area contributed by atoms with Gasteiger partial charge in [-0.15, -0.1) is 11.3 Å². The van der Waals surface area contributed by atoms with E-state index in [0.29, 0.717) is 32.8 Å². The van der Waals surface area contributed by atoms with Gasteiger partial charge >= 0.3 is 6.09 Å². The van der Waals surface area contributed by atoms with Crippen molar-refractivity contribution in [2.75, 3.05) is 38.1 Å². The first-order valence-electron chi connectivity index (χ1n) is 11.3. The summed E-state index contributed by atoms with van der Waals surface area (Å²) in [7, 11) is 0. The molecule has 0 spiro atoms. The van der Waals surface area contributed by atoms with Gasteiger partial charge < -0.3 is 19.4 Å². The van der Waals surface area contributed by atoms with Crippen LogP contribution in [0, 0.1) is 0 Å². The molecule has 1 aliphatic rings. The van der Waals surface area contributed by atoms with Crippen LogP contribution in [0.4, 0.5) is 9.80 Å². The first-order valence-corrected chi connectivity index (χ1v) is 12.1. The van der Waals surface area contributed by atoms with E-state index in [1.54, 1.807) is 28.4 Å². The average Bonchev–Trinajstić information content (AvgIpc) is 3.51. The quantitative estimate of drug-likeness (QED) is 0.528. The Kier molecular flexibility index (Phi) is 7.47. The van der Waals surface area contributed by atoms with Gasteiger partial charge in [0.15, 0.2) is 5.76 Å². The highest BCUT2D eigenvalue weighted by Crippen LogP contribution is 2.40. The number of aryl methyl sites for hydroxylation is 1. The predicted octanol–water partition coefficient (Wildman–Crippen LogP) is 5.02. The van der Waals surface area contributed by atoms with Gasteiger partial charge in [-0.3, -0.25) is 9.69 Å². The van der Waals surface area contributed by atoms with E-state index in [1.807, 2.05) is 25.1 Å². The topological polar surface area (TPSA) is 75.0 Å². The summed E-state index contributed by atoms with van der Waals surface area (Å²) in [6, 6.07) is 15.8. The number of rotatable bonds is 7. The lowest BCUT2D eigenvalue weighted by molar-refractivity contribution is 0.0716. The van der Waals surface area contributed by atoms with E-state index in [0.717, 1.165) is 22.5 Å². The summed E-state index contributed by atoms with van der Waals surface area (Å²) in [5.41, 5.74) is 2.21. The summed E-state index contributed by atoms with van der Waals surface area (Å²) >= 11 is 1.60. The first kappa shape index (κ1) is 23.1. The van der Waals surface area contributed by atoms with Crippen LogP contribution in [0.2, 0.25) is 0 Å². The van der Waals surface area contributed by atoms with Gasteiger partial charge in [-0.1, -0.05) is 37.3 Å². The number of hydrogen-bond acceptors (Lipinski definition) is 6. The molecule has 7 nitrogen and oxygen atoms in total. The van der Waals surface area contributed by atoms with Gasteiger partial charge in [0.1, 0.15) is 5.00 Å². The molecule has 0 unspecified atom stereocenters. The number of anilines is 1. The second-order valence-electron chi connectivity index (χ2n) is 7.82. The highest BCUT2D eigenvalue weighted by Gasteiger charge is 2.31. The maximum atomic E-state index is 12.8. The molecule has 174 valence electrons. The number of nitrogens with one attached hydrogen (secondary N) is 1. The summed E-state index contributed by atoms with van der Waals surface area (Å²) in [5, 5.41) is 3.90. The molecule has 0 saturated carbocycles. The molecule has 8 heteroatoms. The van der Waals surface area contributed by atoms with Crippen LogP contribution in [0.1, 0.15) is 46.4 Å². The van der Waals surface area contributed by atoms with Crippen LogP contribution in [0.25, 0.3) is 0 Å². The Morgan fingerprint density at radius 3 is 2.48 bits per heavy atom. The van der Waals surface area contributed by atoms with Gasteiger partial charge in [-0.05, 0) is 37.1 Å². The van der Waals surface area contributed by atoms with Crippen LogP contribution in [-0.4, -0.2) is 54.6 Å². The Labute approximate surface area is 197 Å². The first-order chi connectivity index (χ1) is 16.1. The maximum absolute atomic E-state index is 12.8. The fourth-order valence-electron chi connectivity index (χ4n) is 4.11. The van der Waals surface area contributed by atoms with Gasteiger partial charge in [-0.2, -0.15) is 0 Å². The van der Waals surface area contributed by atoms with Crippen LogP contribution in [0.15, 0.2) is 59.2 Å². The summed E-state index contributed by atoms with van der Waals surface area (Å²) in [5.74, 6) is 0.0244. The zero-order valence-corrected chi connectivity index (χ0v) is 19.8. The van der Waals surface area contributed by atoms with E-state index in [2.05, 4.69) is 35.3 Å². The third kappa shape index (κ3) is 5.29. The van der Waals surface area contributed by atoms with E-state index in [4.69, 9.17) is 9.15 Å². The van der Waals surface area contributed by atoms with Gasteiger partial charge in [-0.25, -0.2) is 4.79 Å². The van der Waals surface area contributed by atoms with Crippen molar-refractivity contribution in [3.05, 3.63) is 76.6 Å². The summed E-state index contributed by atoms with van der Waals surface area (Å²) < 4.78 is 10.5. The molecule has 1 N–H and O–H groups in total. The van der Waals surface area contributed by atoms with Crippen molar-refractivity contribution in [3.63, 3.8) is 0 Å². The minimum Gasteiger partial charge on any atom is -0.459 e. The molecule has 1 aromatic carbocycles. The molecule has 1 fully saturated rings. The zero-order valence-electron chi connectivity index (χ0n) is 19.0. The monoisotopic (exact) mass is 467 g/mol. The number of carbonyl (C=O) groups excluding carboxylic acids is 2. The van der Waals surface area contributed by atoms with Crippen LogP contribution < -0.4 is 5.32 Å². The Morgan fingerprint density at radius 1 is 1.09 bits per heavy atom. The molecule has 33 heavy (non-hydrogen) atoms. The molecule has 0 bridgehead atoms. The number of nitrogens with zero attached hydrogens (tertiary/aromatic N) is 2. The van der Waals surface area contributed by atoms with Crippen molar-refractivity contribution in [1.82, 2.24) is 9.80 Å². The van der Waals surface area contributed by atoms with Crippen molar-refractivity contribution in [1.29, 1.82) is 0 Å². The molecule has 4 rings (SSSR count). The van der Waals surface area contributed by atoms with Gasteiger partial charge in [0.25, 0.3) is 5.91 Å². The number of hydrogen-bond donors (Lipinski definition) is 1. The molecular weight excluding hydrogens is 438 g/mol. The van der Waals surface area contributed by atoms with Crippen LogP contribution in [0.3, 0.4) is 0 Å². The number of amides is 2. The molecule has 0 radical (unpaired) electrons. The predicted molar refractivity (Wildman–Crippen MR) is 129 cm³/mol. The summed E-state index contributed by atoms with van der Waals surface area (Å²) in [4.78, 5) is 30.3. The number of ether oxygens (including phenoxy) is 1. The fraction of sp³-hybridized carbons (Fsp3) is 0.360. The normalized spacial score (nSPS) is 15.3. The molecule has 1 saturated heterocycles. The molecular formula is C25H29N3O4S. The van der Waals surface area contributed by atoms with Crippen LogP contribution in [-0.2, 0) is 11.2 Å². The molecule has 1 aliphatic heterocycles. The van der Waals surface area contributed by atoms with E-state index in [1.165, 1.54) is 11.1 Å². The van der Waals surface area contributed by atoms with Crippen LogP contribution >= 0.6 is 11.3 Å². The Balaban J connectivity index is 1.64. The highest BCUT2D eigenvalue weighted by molar-refractivity contribution is 7.16. The smallest absolute Gasteiger partial charge is 0.409 e. The lowest BCUT2D eigenvalue weighted by Gasteiger charge is -2.39. The number of furan rings is 1. The Morgan fingerprint density at radius 2 is 1.85 bits per heavy atom. The largest absolute Gasteiger partial charge is 0.459 e. The number of carbonyl (C=O) groups is 2. The van der Waals surface area contributed by atoms with E-state index < -0.39 is 0 Å². The lowest BCUT2D eigenvalue weighted by Crippen LogP contribution is -2.50.